The van der Waals surface area contributed by atoms with Gasteiger partial charge in [0, 0.05) is 6.61 Å². The standard InChI is InChI=1S/C5H10O.H2O4S/c1-5(2)3-4-6;1-5(2,3)4/h6H,1,3-4H2,2H3;(H2,1,2,3,4). The highest BCUT2D eigenvalue weighted by molar-refractivity contribution is 7.79. The Balaban J connectivity index is 0. The van der Waals surface area contributed by atoms with E-state index in [1.165, 1.54) is 0 Å². The first kappa shape index (κ1) is 13.2. The first-order valence-corrected chi connectivity index (χ1v) is 4.12. The van der Waals surface area contributed by atoms with Crippen molar-refractivity contribution in [1.29, 1.82) is 0 Å². The Bertz CT molecular complexity index is 185. The average Bonchev–Trinajstić information content (AvgIpc) is 1.58. The minimum absolute atomic E-state index is 0.231. The van der Waals surface area contributed by atoms with Crippen LogP contribution in [0.15, 0.2) is 12.2 Å². The fourth-order valence-corrected chi connectivity index (χ4v) is 0.191. The molecule has 5 nitrogen and oxygen atoms in total. The molecule has 0 aliphatic carbocycles. The van der Waals surface area contributed by atoms with Crippen LogP contribution in [-0.2, 0) is 10.4 Å². The maximum Gasteiger partial charge on any atom is 0.394 e. The predicted molar refractivity (Wildman–Crippen MR) is 40.7 cm³/mol. The van der Waals surface area contributed by atoms with E-state index in [-0.39, 0.29) is 6.61 Å². The van der Waals surface area contributed by atoms with Crippen molar-refractivity contribution in [3.05, 3.63) is 12.2 Å². The lowest BCUT2D eigenvalue weighted by Crippen LogP contribution is -1.89. The Labute approximate surface area is 65.9 Å². The van der Waals surface area contributed by atoms with Gasteiger partial charge in [-0.2, -0.15) is 8.42 Å². The van der Waals surface area contributed by atoms with Gasteiger partial charge in [-0.3, -0.25) is 9.11 Å². The normalized spacial score (nSPS) is 9.82. The van der Waals surface area contributed by atoms with Gasteiger partial charge in [-0.05, 0) is 13.3 Å². The van der Waals surface area contributed by atoms with Crippen molar-refractivity contribution in [2.45, 2.75) is 13.3 Å². The summed E-state index contributed by atoms with van der Waals surface area (Å²) < 4.78 is 31.6. The van der Waals surface area contributed by atoms with Gasteiger partial charge in [0.2, 0.25) is 0 Å². The molecule has 0 aliphatic rings. The summed E-state index contributed by atoms with van der Waals surface area (Å²) in [6.45, 7) is 5.72. The molecule has 0 aromatic rings. The van der Waals surface area contributed by atoms with Crippen LogP contribution in [0.4, 0.5) is 0 Å². The van der Waals surface area contributed by atoms with Crippen LogP contribution >= 0.6 is 0 Å². The molecule has 0 unspecified atom stereocenters. The smallest absolute Gasteiger partial charge is 0.394 e. The van der Waals surface area contributed by atoms with E-state index in [0.717, 1.165) is 12.0 Å². The average molecular weight is 184 g/mol. The fourth-order valence-electron chi connectivity index (χ4n) is 0.191. The zero-order valence-corrected chi connectivity index (χ0v) is 7.00. The quantitative estimate of drug-likeness (QED) is 0.423. The van der Waals surface area contributed by atoms with Crippen LogP contribution in [0.3, 0.4) is 0 Å². The maximum absolute atomic E-state index is 8.74. The van der Waals surface area contributed by atoms with Gasteiger partial charge in [0.25, 0.3) is 0 Å². The van der Waals surface area contributed by atoms with E-state index < -0.39 is 10.4 Å². The highest BCUT2D eigenvalue weighted by atomic mass is 32.3. The SMILES string of the molecule is C=C(C)CCO.O=S(=O)(O)O. The summed E-state index contributed by atoms with van der Waals surface area (Å²) in [5.41, 5.74) is 1.04. The summed E-state index contributed by atoms with van der Waals surface area (Å²) in [6.07, 6.45) is 0.736. The van der Waals surface area contributed by atoms with Crippen molar-refractivity contribution in [2.24, 2.45) is 0 Å². The molecule has 0 rings (SSSR count). The van der Waals surface area contributed by atoms with Gasteiger partial charge in [-0.15, -0.1) is 6.58 Å². The van der Waals surface area contributed by atoms with Gasteiger partial charge in [0.05, 0.1) is 0 Å². The molecule has 0 saturated heterocycles. The molecule has 0 aromatic carbocycles. The molecule has 68 valence electrons. The number of aliphatic hydroxyl groups is 1. The summed E-state index contributed by atoms with van der Waals surface area (Å²) in [4.78, 5) is 0. The summed E-state index contributed by atoms with van der Waals surface area (Å²) in [7, 11) is -4.67. The van der Waals surface area contributed by atoms with Gasteiger partial charge in [0.1, 0.15) is 0 Å². The van der Waals surface area contributed by atoms with E-state index in [1.807, 2.05) is 6.92 Å². The molecule has 0 aromatic heterocycles. The highest BCUT2D eigenvalue weighted by Gasteiger charge is 1.84. The fraction of sp³-hybridized carbons (Fsp3) is 0.600. The molecule has 3 N–H and O–H groups in total. The zero-order chi connectivity index (χ0) is 9.49. The Hall–Kier alpha value is -0.430. The maximum atomic E-state index is 8.74. The van der Waals surface area contributed by atoms with Crippen molar-refractivity contribution in [3.63, 3.8) is 0 Å². The van der Waals surface area contributed by atoms with Crippen LogP contribution in [0.25, 0.3) is 0 Å². The van der Waals surface area contributed by atoms with Gasteiger partial charge in [-0.1, -0.05) is 5.57 Å². The summed E-state index contributed by atoms with van der Waals surface area (Å²) in [6, 6.07) is 0. The molecular formula is C5H12O5S. The number of hydrogen-bond donors (Lipinski definition) is 3. The molecule has 6 heteroatoms. The van der Waals surface area contributed by atoms with E-state index in [2.05, 4.69) is 6.58 Å². The minimum atomic E-state index is -4.67. The van der Waals surface area contributed by atoms with E-state index in [1.54, 1.807) is 0 Å². The van der Waals surface area contributed by atoms with Crippen LogP contribution in [0.5, 0.6) is 0 Å². The first-order chi connectivity index (χ1) is 4.77. The number of hydrogen-bond acceptors (Lipinski definition) is 3. The molecule has 0 amide bonds. The molecule has 0 fully saturated rings. The largest absolute Gasteiger partial charge is 0.396 e. The van der Waals surface area contributed by atoms with Crippen molar-refractivity contribution in [3.8, 4) is 0 Å². The molecule has 0 heterocycles. The topological polar surface area (TPSA) is 94.8 Å². The van der Waals surface area contributed by atoms with Gasteiger partial charge in [-0.25, -0.2) is 0 Å². The lowest BCUT2D eigenvalue weighted by Gasteiger charge is -1.87. The Morgan fingerprint density at radius 2 is 1.73 bits per heavy atom. The van der Waals surface area contributed by atoms with E-state index >= 15 is 0 Å². The summed E-state index contributed by atoms with van der Waals surface area (Å²) in [5, 5.41) is 8.18. The Morgan fingerprint density at radius 3 is 1.73 bits per heavy atom. The van der Waals surface area contributed by atoms with Crippen molar-refractivity contribution >= 4 is 10.4 Å². The van der Waals surface area contributed by atoms with Gasteiger partial charge in [0.15, 0.2) is 0 Å². The number of rotatable bonds is 2. The van der Waals surface area contributed by atoms with Crippen LogP contribution < -0.4 is 0 Å². The Kier molecular flexibility index (Phi) is 7.54. The van der Waals surface area contributed by atoms with Crippen LogP contribution in [0.1, 0.15) is 13.3 Å². The molecule has 0 bridgehead atoms. The van der Waals surface area contributed by atoms with Crippen molar-refractivity contribution in [2.75, 3.05) is 6.61 Å². The molecule has 11 heavy (non-hydrogen) atoms. The molecular weight excluding hydrogens is 172 g/mol. The second-order valence-electron chi connectivity index (χ2n) is 1.88. The van der Waals surface area contributed by atoms with Crippen molar-refractivity contribution < 1.29 is 22.6 Å². The van der Waals surface area contributed by atoms with E-state index in [0.29, 0.717) is 0 Å². The molecule has 0 atom stereocenters. The third kappa shape index (κ3) is 83.0. The van der Waals surface area contributed by atoms with E-state index in [4.69, 9.17) is 22.6 Å². The van der Waals surface area contributed by atoms with E-state index in [9.17, 15) is 0 Å². The van der Waals surface area contributed by atoms with Gasteiger partial charge >= 0.3 is 10.4 Å². The second kappa shape index (κ2) is 6.29. The predicted octanol–water partition coefficient (Wildman–Crippen LogP) is 0.292. The lowest BCUT2D eigenvalue weighted by molar-refractivity contribution is 0.299. The monoisotopic (exact) mass is 184 g/mol. The van der Waals surface area contributed by atoms with Crippen molar-refractivity contribution in [1.82, 2.24) is 0 Å². The summed E-state index contributed by atoms with van der Waals surface area (Å²) >= 11 is 0. The zero-order valence-electron chi connectivity index (χ0n) is 6.19. The van der Waals surface area contributed by atoms with Crippen LogP contribution in [0.2, 0.25) is 0 Å². The van der Waals surface area contributed by atoms with Gasteiger partial charge < -0.3 is 5.11 Å². The molecule has 0 saturated carbocycles. The molecule has 0 aliphatic heterocycles. The summed E-state index contributed by atoms with van der Waals surface area (Å²) in [5.74, 6) is 0. The first-order valence-electron chi connectivity index (χ1n) is 2.72. The minimum Gasteiger partial charge on any atom is -0.396 e. The second-order valence-corrected chi connectivity index (χ2v) is 2.77. The van der Waals surface area contributed by atoms with Crippen LogP contribution in [0, 0.1) is 0 Å². The molecule has 0 spiro atoms. The highest BCUT2D eigenvalue weighted by Crippen LogP contribution is 1.90. The number of aliphatic hydroxyl groups excluding tert-OH is 1. The third-order valence-corrected chi connectivity index (χ3v) is 0.539. The lowest BCUT2D eigenvalue weighted by atomic mass is 10.3. The van der Waals surface area contributed by atoms with Crippen LogP contribution in [-0.4, -0.2) is 29.2 Å². The third-order valence-electron chi connectivity index (χ3n) is 0.539. The Morgan fingerprint density at radius 1 is 1.45 bits per heavy atom. The molecule has 0 radical (unpaired) electrons.